The lowest BCUT2D eigenvalue weighted by Gasteiger charge is -2.26. The van der Waals surface area contributed by atoms with Crippen molar-refractivity contribution in [3.8, 4) is 0 Å². The number of carboxylic acid groups (broad SMARTS) is 2. The summed E-state index contributed by atoms with van der Waals surface area (Å²) in [7, 11) is 0. The Morgan fingerprint density at radius 2 is 0.600 bits per heavy atom. The molecule has 0 bridgehead atoms. The highest BCUT2D eigenvalue weighted by atomic mass is 35.5. The van der Waals surface area contributed by atoms with E-state index in [0.717, 1.165) is 36.3 Å². The van der Waals surface area contributed by atoms with Gasteiger partial charge in [0.05, 0.1) is 78.4 Å². The molecule has 0 atom stereocenters. The van der Waals surface area contributed by atoms with Gasteiger partial charge in [0.15, 0.2) is 11.6 Å². The molecule has 0 aromatic heterocycles. The van der Waals surface area contributed by atoms with Crippen molar-refractivity contribution in [1.29, 1.82) is 0 Å². The van der Waals surface area contributed by atoms with E-state index in [0.29, 0.717) is 38.7 Å². The van der Waals surface area contributed by atoms with E-state index in [1.165, 1.54) is 121 Å². The topological polar surface area (TPSA) is 258 Å². The van der Waals surface area contributed by atoms with Gasteiger partial charge >= 0.3 is 11.9 Å². The van der Waals surface area contributed by atoms with E-state index < -0.39 is 76.7 Å². The van der Waals surface area contributed by atoms with Gasteiger partial charge in [-0.15, -0.1) is 0 Å². The van der Waals surface area contributed by atoms with Crippen molar-refractivity contribution >= 4 is 105 Å². The fourth-order valence-electron chi connectivity index (χ4n) is 12.5. The fourth-order valence-corrected chi connectivity index (χ4v) is 12.7. The van der Waals surface area contributed by atoms with Crippen LogP contribution in [-0.2, 0) is 0 Å². The Labute approximate surface area is 515 Å². The third-order valence-electron chi connectivity index (χ3n) is 16.7. The van der Waals surface area contributed by atoms with E-state index in [1.807, 2.05) is 36.4 Å². The smallest absolute Gasteiger partial charge is 0.335 e. The first-order valence-corrected chi connectivity index (χ1v) is 28.2. The van der Waals surface area contributed by atoms with Crippen molar-refractivity contribution < 1.29 is 67.7 Å². The maximum absolute atomic E-state index is 14.5. The average Bonchev–Trinajstić information content (AvgIpc) is 2.04. The van der Waals surface area contributed by atoms with Crippen molar-refractivity contribution in [2.45, 2.75) is 33.6 Å². The van der Waals surface area contributed by atoms with Gasteiger partial charge in [0.25, 0.3) is 47.3 Å². The molecule has 19 heteroatoms. The van der Waals surface area contributed by atoms with Crippen molar-refractivity contribution in [2.75, 3.05) is 19.6 Å². The molecule has 0 aliphatic carbocycles. The van der Waals surface area contributed by atoms with Gasteiger partial charge in [-0.25, -0.2) is 29.2 Å². The molecule has 90 heavy (non-hydrogen) atoms. The zero-order valence-electron chi connectivity index (χ0n) is 47.7. The van der Waals surface area contributed by atoms with E-state index in [1.54, 1.807) is 39.8 Å². The molecule has 4 heterocycles. The van der Waals surface area contributed by atoms with Crippen LogP contribution in [0.25, 0.3) is 0 Å². The molecule has 0 unspecified atom stereocenters. The SMILES string of the molecule is Cc1cc(C(c2cccc(Cl)c2)c2cc(C)c(N3C(=O)c4ccc(C(=O)c5ccc6c(c5)C(=O)N(c5ccc(C(=O)O)cc5)C6=O)cc4C3=O)c(C)c2)cc(C)c1N1C(=O)c2ccc(C(=O)c3ccc4c(c3)C(=O)N(c3ccc(C(=O)O)cc3)C4=O)cc2C1=O. The minimum atomic E-state index is -1.18. The van der Waals surface area contributed by atoms with Gasteiger partial charge < -0.3 is 10.2 Å². The number of amides is 8. The lowest BCUT2D eigenvalue weighted by atomic mass is 9.82. The molecule has 9 aromatic carbocycles. The second-order valence-electron chi connectivity index (χ2n) is 22.2. The molecule has 8 amide bonds. The van der Waals surface area contributed by atoms with Crippen LogP contribution in [0.2, 0.25) is 5.02 Å². The first-order valence-electron chi connectivity index (χ1n) is 27.9. The van der Waals surface area contributed by atoms with E-state index in [4.69, 9.17) is 11.6 Å². The minimum absolute atomic E-state index is 0.0282. The van der Waals surface area contributed by atoms with E-state index in [2.05, 4.69) is 0 Å². The summed E-state index contributed by atoms with van der Waals surface area (Å²) in [5.74, 6) is -9.45. The van der Waals surface area contributed by atoms with Crippen molar-refractivity contribution in [3.05, 3.63) is 292 Å². The summed E-state index contributed by atoms with van der Waals surface area (Å²) in [6.45, 7) is 7.06. The van der Waals surface area contributed by atoms with Crippen molar-refractivity contribution in [3.63, 3.8) is 0 Å². The molecule has 0 saturated carbocycles. The normalized spacial score (nSPS) is 14.1. The molecular weight excluding hydrogens is 1170 g/mol. The lowest BCUT2D eigenvalue weighted by molar-refractivity contribution is 0.0686. The molecule has 438 valence electrons. The van der Waals surface area contributed by atoms with Crippen LogP contribution in [-0.4, -0.2) is 81.0 Å². The predicted molar refractivity (Wildman–Crippen MR) is 328 cm³/mol. The Morgan fingerprint density at radius 3 is 0.900 bits per heavy atom. The van der Waals surface area contributed by atoms with E-state index in [-0.39, 0.29) is 89.3 Å². The van der Waals surface area contributed by atoms with Crippen molar-refractivity contribution in [2.24, 2.45) is 0 Å². The minimum Gasteiger partial charge on any atom is -0.478 e. The maximum Gasteiger partial charge on any atom is 0.335 e. The maximum atomic E-state index is 14.5. The molecular formula is C71H43ClN4O14. The summed E-state index contributed by atoms with van der Waals surface area (Å²) in [6, 6.07) is 41.4. The second kappa shape index (κ2) is 21.2. The zero-order valence-corrected chi connectivity index (χ0v) is 48.5. The molecule has 0 fully saturated rings. The monoisotopic (exact) mass is 1210 g/mol. The number of carbonyl (C=O) groups excluding carboxylic acids is 10. The molecule has 4 aliphatic rings. The third kappa shape index (κ3) is 9.03. The van der Waals surface area contributed by atoms with Gasteiger partial charge in [-0.05, 0) is 176 Å². The van der Waals surface area contributed by atoms with Crippen LogP contribution in [0, 0.1) is 27.7 Å². The first-order chi connectivity index (χ1) is 43.0. The number of rotatable bonds is 13. The number of benzene rings is 9. The first kappa shape index (κ1) is 57.2. The van der Waals surface area contributed by atoms with Gasteiger partial charge in [-0.1, -0.05) is 72.3 Å². The number of fused-ring (bicyclic) bond motifs is 4. The number of hydrogen-bond acceptors (Lipinski definition) is 12. The van der Waals surface area contributed by atoms with Crippen LogP contribution >= 0.6 is 11.6 Å². The van der Waals surface area contributed by atoms with Crippen molar-refractivity contribution in [1.82, 2.24) is 0 Å². The number of anilines is 4. The number of nitrogens with zero attached hydrogens (tertiary/aromatic N) is 4. The second-order valence-corrected chi connectivity index (χ2v) is 22.6. The molecule has 18 nitrogen and oxygen atoms in total. The Balaban J connectivity index is 0.756. The Morgan fingerprint density at radius 1 is 0.322 bits per heavy atom. The number of aromatic carboxylic acids is 2. The number of halogens is 1. The highest BCUT2D eigenvalue weighted by Crippen LogP contribution is 2.43. The molecule has 0 saturated heterocycles. The van der Waals surface area contributed by atoms with Crippen LogP contribution in [0.4, 0.5) is 22.7 Å². The standard InChI is InChI=1S/C71H43ClN4O14/c1-33-24-44(25-34(2)58(33)75-64(81)51-22-14-42(31-55(51)68(75)85)60(77)40-12-20-49-53(29-40)66(83)73(62(49)79)47-16-8-37(9-17-47)70(87)88)57(39-6-5-7-46(72)28-39)45-26-35(3)59(36(4)27-45)76-65(82)52-23-15-43(32-56(52)69(76)86)61(78)41-13-21-50-54(30-41)67(84)74(63(50)80)48-18-10-38(11-19-48)71(89)90/h5-32,57H,1-4H3,(H,87,88)(H,89,90). The van der Waals surface area contributed by atoms with Gasteiger partial charge in [0.2, 0.25) is 0 Å². The van der Waals surface area contributed by atoms with Crippen LogP contribution in [0.3, 0.4) is 0 Å². The largest absolute Gasteiger partial charge is 0.478 e. The number of ketones is 2. The average molecular weight is 1210 g/mol. The summed E-state index contributed by atoms with van der Waals surface area (Å²) >= 11 is 6.65. The molecule has 2 N–H and O–H groups in total. The summed E-state index contributed by atoms with van der Waals surface area (Å²) < 4.78 is 0. The van der Waals surface area contributed by atoms with Crippen LogP contribution < -0.4 is 19.6 Å². The lowest BCUT2D eigenvalue weighted by Crippen LogP contribution is -2.31. The van der Waals surface area contributed by atoms with Crippen LogP contribution in [0.15, 0.2) is 170 Å². The number of imide groups is 4. The third-order valence-corrected chi connectivity index (χ3v) is 16.9. The number of hydrogen-bond donors (Lipinski definition) is 2. The predicted octanol–water partition coefficient (Wildman–Crippen LogP) is 11.8. The number of carboxylic acids is 2. The van der Waals surface area contributed by atoms with Gasteiger partial charge in [0, 0.05) is 33.2 Å². The Bertz CT molecular complexity index is 4580. The summed E-state index contributed by atoms with van der Waals surface area (Å²) in [4.78, 5) is 167. The Hall–Kier alpha value is -11.9. The summed E-state index contributed by atoms with van der Waals surface area (Å²) in [5.41, 5.74) is 5.47. The van der Waals surface area contributed by atoms with Gasteiger partial charge in [0.1, 0.15) is 0 Å². The molecule has 0 radical (unpaired) electrons. The van der Waals surface area contributed by atoms with Crippen LogP contribution in [0.1, 0.15) is 180 Å². The zero-order chi connectivity index (χ0) is 63.6. The quantitative estimate of drug-likeness (QED) is 0.0618. The van der Waals surface area contributed by atoms with Crippen LogP contribution in [0.5, 0.6) is 0 Å². The summed E-state index contributed by atoms with van der Waals surface area (Å²) in [6.07, 6.45) is 0. The molecule has 13 rings (SSSR count). The molecule has 9 aromatic rings. The van der Waals surface area contributed by atoms with E-state index >= 15 is 0 Å². The fraction of sp³-hybridized carbons (Fsp3) is 0.0704. The highest BCUT2D eigenvalue weighted by molar-refractivity contribution is 6.38. The molecule has 0 spiro atoms. The van der Waals surface area contributed by atoms with E-state index in [9.17, 15) is 67.7 Å². The molecule has 4 aliphatic heterocycles. The number of carbonyl (C=O) groups is 12. The Kier molecular flexibility index (Phi) is 13.5. The summed E-state index contributed by atoms with van der Waals surface area (Å²) in [5, 5.41) is 19.1. The number of aryl methyl sites for hydroxylation is 4. The van der Waals surface area contributed by atoms with Gasteiger partial charge in [-0.2, -0.15) is 0 Å². The highest BCUT2D eigenvalue weighted by Gasteiger charge is 2.43. The van der Waals surface area contributed by atoms with Gasteiger partial charge in [-0.3, -0.25) is 47.9 Å².